The van der Waals surface area contributed by atoms with Crippen molar-refractivity contribution in [2.24, 2.45) is 0 Å². The molecule has 138 valence electrons. The summed E-state index contributed by atoms with van der Waals surface area (Å²) in [5.74, 6) is -0.372. The Balaban J connectivity index is 1.71. The lowest BCUT2D eigenvalue weighted by molar-refractivity contribution is 0.0699. The van der Waals surface area contributed by atoms with Crippen LogP contribution in [0.1, 0.15) is 28.4 Å². The predicted molar refractivity (Wildman–Crippen MR) is 105 cm³/mol. The maximum absolute atomic E-state index is 11.5. The number of carboxylic acid groups (broad SMARTS) is 1. The van der Waals surface area contributed by atoms with E-state index in [0.717, 1.165) is 25.2 Å². The number of halogens is 1. The largest absolute Gasteiger partial charge is 0.478 e. The number of aromatic nitrogens is 2. The van der Waals surface area contributed by atoms with Crippen molar-refractivity contribution in [3.8, 4) is 0 Å². The van der Waals surface area contributed by atoms with E-state index in [1.54, 1.807) is 12.1 Å². The van der Waals surface area contributed by atoms with Gasteiger partial charge in [-0.1, -0.05) is 29.8 Å². The van der Waals surface area contributed by atoms with Crippen molar-refractivity contribution in [2.75, 3.05) is 25.0 Å². The Hall–Kier alpha value is -2.70. The number of rotatable bonds is 6. The van der Waals surface area contributed by atoms with Crippen LogP contribution in [0.25, 0.3) is 10.9 Å². The summed E-state index contributed by atoms with van der Waals surface area (Å²) < 4.78 is 0. The average Bonchev–Trinajstić information content (AvgIpc) is 2.64. The first-order valence-corrected chi connectivity index (χ1v) is 9.21. The first-order chi connectivity index (χ1) is 13.1. The smallest absolute Gasteiger partial charge is 0.337 e. The van der Waals surface area contributed by atoms with E-state index >= 15 is 0 Å². The zero-order chi connectivity index (χ0) is 18.8. The summed E-state index contributed by atoms with van der Waals surface area (Å²) in [6.07, 6.45) is 2.62. The highest BCUT2D eigenvalue weighted by Crippen LogP contribution is 2.28. The van der Waals surface area contributed by atoms with Crippen LogP contribution in [0.15, 0.2) is 48.8 Å². The minimum absolute atomic E-state index is 0.00847. The number of fused-ring (bicyclic) bond motifs is 1. The lowest BCUT2D eigenvalue weighted by atomic mass is 10.0. The number of likely N-dealkylation sites (tertiary alicyclic amines) is 1. The topological polar surface area (TPSA) is 78.4 Å². The summed E-state index contributed by atoms with van der Waals surface area (Å²) in [6, 6.07) is 12.9. The summed E-state index contributed by atoms with van der Waals surface area (Å²) in [4.78, 5) is 22.4. The molecule has 0 aliphatic carbocycles. The van der Waals surface area contributed by atoms with Crippen LogP contribution in [0.4, 0.5) is 5.82 Å². The average molecular weight is 383 g/mol. The summed E-state index contributed by atoms with van der Waals surface area (Å²) in [5, 5.41) is 14.3. The third-order valence-electron chi connectivity index (χ3n) is 4.87. The van der Waals surface area contributed by atoms with Crippen LogP contribution in [0.3, 0.4) is 0 Å². The van der Waals surface area contributed by atoms with Gasteiger partial charge in [0, 0.05) is 17.0 Å². The number of hydrogen-bond acceptors (Lipinski definition) is 5. The SMILES string of the molecule is O=C(O)c1cccc2c(N[C@H](CN3CCC3)c3ccc(Cl)cc3)ncnc12. The minimum Gasteiger partial charge on any atom is -0.478 e. The van der Waals surface area contributed by atoms with Crippen molar-refractivity contribution < 1.29 is 9.90 Å². The fraction of sp³-hybridized carbons (Fsp3) is 0.250. The number of nitrogens with zero attached hydrogens (tertiary/aromatic N) is 3. The van der Waals surface area contributed by atoms with E-state index < -0.39 is 5.97 Å². The number of para-hydroxylation sites is 1. The molecule has 1 aliphatic heterocycles. The Morgan fingerprint density at radius 3 is 2.63 bits per heavy atom. The quantitative estimate of drug-likeness (QED) is 0.674. The van der Waals surface area contributed by atoms with Gasteiger partial charge in [-0.2, -0.15) is 0 Å². The van der Waals surface area contributed by atoms with Gasteiger partial charge in [-0.05, 0) is 49.3 Å². The Morgan fingerprint density at radius 2 is 1.96 bits per heavy atom. The molecule has 0 amide bonds. The molecular formula is C20H19ClN4O2. The zero-order valence-corrected chi connectivity index (χ0v) is 15.4. The second-order valence-corrected chi connectivity index (χ2v) is 7.07. The molecule has 6 nitrogen and oxygen atoms in total. The maximum atomic E-state index is 11.5. The van der Waals surface area contributed by atoms with Crippen molar-refractivity contribution in [3.05, 3.63) is 64.9 Å². The highest BCUT2D eigenvalue weighted by atomic mass is 35.5. The van der Waals surface area contributed by atoms with Crippen molar-refractivity contribution in [2.45, 2.75) is 12.5 Å². The van der Waals surface area contributed by atoms with Crippen LogP contribution in [0, 0.1) is 0 Å². The first-order valence-electron chi connectivity index (χ1n) is 8.83. The Bertz CT molecular complexity index is 973. The Labute approximate surface area is 161 Å². The molecule has 0 saturated carbocycles. The molecule has 0 spiro atoms. The van der Waals surface area contributed by atoms with Crippen molar-refractivity contribution in [1.82, 2.24) is 14.9 Å². The van der Waals surface area contributed by atoms with Crippen LogP contribution >= 0.6 is 11.6 Å². The summed E-state index contributed by atoms with van der Waals surface area (Å²) >= 11 is 6.04. The van der Waals surface area contributed by atoms with Crippen molar-refractivity contribution >= 4 is 34.3 Å². The van der Waals surface area contributed by atoms with E-state index in [2.05, 4.69) is 20.2 Å². The van der Waals surface area contributed by atoms with E-state index in [4.69, 9.17) is 11.6 Å². The first kappa shape index (κ1) is 17.7. The van der Waals surface area contributed by atoms with Gasteiger partial charge in [0.15, 0.2) is 0 Å². The van der Waals surface area contributed by atoms with Gasteiger partial charge in [0.25, 0.3) is 0 Å². The fourth-order valence-electron chi connectivity index (χ4n) is 3.29. The molecule has 0 unspecified atom stereocenters. The number of aromatic carboxylic acids is 1. The molecule has 1 atom stereocenters. The van der Waals surface area contributed by atoms with E-state index in [-0.39, 0.29) is 11.6 Å². The third-order valence-corrected chi connectivity index (χ3v) is 5.12. The molecule has 2 N–H and O–H groups in total. The Kier molecular flexibility index (Phi) is 4.92. The number of hydrogen-bond donors (Lipinski definition) is 2. The third kappa shape index (κ3) is 3.72. The highest BCUT2D eigenvalue weighted by Gasteiger charge is 2.22. The van der Waals surface area contributed by atoms with E-state index in [9.17, 15) is 9.90 Å². The molecule has 7 heteroatoms. The maximum Gasteiger partial charge on any atom is 0.337 e. The molecule has 27 heavy (non-hydrogen) atoms. The predicted octanol–water partition coefficient (Wildman–Crippen LogP) is 3.84. The summed E-state index contributed by atoms with van der Waals surface area (Å²) in [7, 11) is 0. The fourth-order valence-corrected chi connectivity index (χ4v) is 3.42. The lowest BCUT2D eigenvalue weighted by Crippen LogP contribution is -2.41. The monoisotopic (exact) mass is 382 g/mol. The number of carboxylic acids is 1. The Morgan fingerprint density at radius 1 is 1.19 bits per heavy atom. The molecule has 3 aromatic rings. The number of nitrogens with one attached hydrogen (secondary N) is 1. The standard InChI is InChI=1S/C20H19ClN4O2/c21-14-7-5-13(6-8-14)17(11-25-9-2-10-25)24-19-15-3-1-4-16(20(26)27)18(15)22-12-23-19/h1,3-8,12,17H,2,9-11H2,(H,26,27)(H,22,23,24)/t17-/m1/s1. The highest BCUT2D eigenvalue weighted by molar-refractivity contribution is 6.30. The zero-order valence-electron chi connectivity index (χ0n) is 14.6. The molecule has 2 heterocycles. The van der Waals surface area contributed by atoms with Crippen LogP contribution in [-0.2, 0) is 0 Å². The second-order valence-electron chi connectivity index (χ2n) is 6.63. The van der Waals surface area contributed by atoms with Crippen molar-refractivity contribution in [3.63, 3.8) is 0 Å². The van der Waals surface area contributed by atoms with Gasteiger partial charge >= 0.3 is 5.97 Å². The van der Waals surface area contributed by atoms with Gasteiger partial charge < -0.3 is 15.3 Å². The van der Waals surface area contributed by atoms with Gasteiger partial charge in [-0.25, -0.2) is 14.8 Å². The van der Waals surface area contributed by atoms with Gasteiger partial charge in [0.2, 0.25) is 0 Å². The van der Waals surface area contributed by atoms with E-state index in [1.807, 2.05) is 30.3 Å². The molecule has 0 bridgehead atoms. The van der Waals surface area contributed by atoms with Crippen LogP contribution in [0.5, 0.6) is 0 Å². The molecule has 4 rings (SSSR count). The molecule has 1 aromatic heterocycles. The molecule has 1 aliphatic rings. The molecule has 1 fully saturated rings. The molecule has 0 radical (unpaired) electrons. The second kappa shape index (κ2) is 7.50. The number of anilines is 1. The van der Waals surface area contributed by atoms with E-state index in [1.165, 1.54) is 12.7 Å². The van der Waals surface area contributed by atoms with Crippen LogP contribution in [-0.4, -0.2) is 45.6 Å². The molecular weight excluding hydrogens is 364 g/mol. The van der Waals surface area contributed by atoms with Gasteiger partial charge in [0.05, 0.1) is 17.1 Å². The van der Waals surface area contributed by atoms with E-state index in [0.29, 0.717) is 21.7 Å². The lowest BCUT2D eigenvalue weighted by Gasteiger charge is -2.34. The van der Waals surface area contributed by atoms with Gasteiger partial charge in [0.1, 0.15) is 12.1 Å². The van der Waals surface area contributed by atoms with Gasteiger partial charge in [-0.15, -0.1) is 0 Å². The summed E-state index contributed by atoms with van der Waals surface area (Å²) in [5.41, 5.74) is 1.71. The summed E-state index contributed by atoms with van der Waals surface area (Å²) in [6.45, 7) is 3.00. The van der Waals surface area contributed by atoms with Crippen molar-refractivity contribution in [1.29, 1.82) is 0 Å². The molecule has 1 saturated heterocycles. The van der Waals surface area contributed by atoms with Crippen LogP contribution in [0.2, 0.25) is 5.02 Å². The normalized spacial score (nSPS) is 15.3. The molecule has 2 aromatic carbocycles. The number of carbonyl (C=O) groups is 1. The number of benzene rings is 2. The van der Waals surface area contributed by atoms with Gasteiger partial charge in [-0.3, -0.25) is 0 Å². The van der Waals surface area contributed by atoms with Crippen LogP contribution < -0.4 is 5.32 Å². The minimum atomic E-state index is -1.000.